The minimum atomic E-state index is 0.405. The summed E-state index contributed by atoms with van der Waals surface area (Å²) in [6.07, 6.45) is 1.21. The molecule has 1 aromatic carbocycles. The number of hydrogen-bond acceptors (Lipinski definition) is 2. The molecule has 19 heavy (non-hydrogen) atoms. The first-order chi connectivity index (χ1) is 9.08. The highest BCUT2D eigenvalue weighted by molar-refractivity contribution is 6.30. The number of piperidine rings is 1. The Labute approximate surface area is 121 Å². The van der Waals surface area contributed by atoms with Gasteiger partial charge >= 0.3 is 0 Å². The Hall–Kier alpha value is -0.570. The molecule has 0 saturated carbocycles. The van der Waals surface area contributed by atoms with Gasteiger partial charge in [-0.05, 0) is 49.0 Å². The molecule has 2 N–H and O–H groups in total. The van der Waals surface area contributed by atoms with E-state index in [0.717, 1.165) is 18.1 Å². The summed E-state index contributed by atoms with van der Waals surface area (Å²) < 4.78 is 0. The molecule has 0 amide bonds. The second-order valence-electron chi connectivity index (χ2n) is 6.02. The molecule has 1 saturated heterocycles. The number of nitrogens with one attached hydrogen (secondary N) is 2. The summed E-state index contributed by atoms with van der Waals surface area (Å²) in [6, 6.07) is 9.27. The van der Waals surface area contributed by atoms with Crippen LogP contribution in [0, 0.1) is 11.8 Å². The summed E-state index contributed by atoms with van der Waals surface area (Å²) in [7, 11) is 0. The van der Waals surface area contributed by atoms with Crippen molar-refractivity contribution in [3.63, 3.8) is 0 Å². The molecule has 3 unspecified atom stereocenters. The zero-order chi connectivity index (χ0) is 13.8. The van der Waals surface area contributed by atoms with Crippen molar-refractivity contribution in [2.75, 3.05) is 13.1 Å². The Morgan fingerprint density at radius 3 is 2.53 bits per heavy atom. The summed E-state index contributed by atoms with van der Waals surface area (Å²) in [6.45, 7) is 9.11. The van der Waals surface area contributed by atoms with E-state index in [-0.39, 0.29) is 0 Å². The lowest BCUT2D eigenvalue weighted by Crippen LogP contribution is -2.48. The van der Waals surface area contributed by atoms with Gasteiger partial charge in [0.25, 0.3) is 0 Å². The molecule has 3 atom stereocenters. The summed E-state index contributed by atoms with van der Waals surface area (Å²) >= 11 is 5.98. The van der Waals surface area contributed by atoms with E-state index in [9.17, 15) is 0 Å². The molecule has 2 rings (SSSR count). The maximum absolute atomic E-state index is 5.98. The van der Waals surface area contributed by atoms with Crippen LogP contribution in [-0.4, -0.2) is 19.1 Å². The van der Waals surface area contributed by atoms with E-state index in [1.807, 2.05) is 12.1 Å². The lowest BCUT2D eigenvalue weighted by molar-refractivity contribution is 0.250. The van der Waals surface area contributed by atoms with E-state index in [0.29, 0.717) is 23.9 Å². The fourth-order valence-electron chi connectivity index (χ4n) is 2.84. The second kappa shape index (κ2) is 6.74. The van der Waals surface area contributed by atoms with Gasteiger partial charge in [-0.1, -0.05) is 44.5 Å². The van der Waals surface area contributed by atoms with E-state index in [2.05, 4.69) is 43.5 Å². The average Bonchev–Trinajstić information content (AvgIpc) is 2.39. The van der Waals surface area contributed by atoms with Crippen LogP contribution in [0.25, 0.3) is 0 Å². The van der Waals surface area contributed by atoms with E-state index < -0.39 is 0 Å². The Morgan fingerprint density at radius 2 is 1.95 bits per heavy atom. The summed E-state index contributed by atoms with van der Waals surface area (Å²) in [5.74, 6) is 1.26. The summed E-state index contributed by atoms with van der Waals surface area (Å²) in [5, 5.41) is 8.12. The first-order valence-corrected chi connectivity index (χ1v) is 7.68. The van der Waals surface area contributed by atoms with Crippen molar-refractivity contribution in [1.82, 2.24) is 10.6 Å². The van der Waals surface area contributed by atoms with Gasteiger partial charge in [-0.25, -0.2) is 0 Å². The topological polar surface area (TPSA) is 24.1 Å². The van der Waals surface area contributed by atoms with Crippen molar-refractivity contribution in [2.24, 2.45) is 11.8 Å². The van der Waals surface area contributed by atoms with E-state index in [1.54, 1.807) is 0 Å². The van der Waals surface area contributed by atoms with Gasteiger partial charge in [-0.15, -0.1) is 0 Å². The Balaban J connectivity index is 2.09. The quantitative estimate of drug-likeness (QED) is 0.880. The highest BCUT2D eigenvalue weighted by atomic mass is 35.5. The van der Waals surface area contributed by atoms with Crippen molar-refractivity contribution < 1.29 is 0 Å². The molecule has 0 aromatic heterocycles. The lowest BCUT2D eigenvalue weighted by atomic mass is 9.90. The zero-order valence-corrected chi connectivity index (χ0v) is 12.9. The van der Waals surface area contributed by atoms with Gasteiger partial charge in [0.2, 0.25) is 0 Å². The average molecular weight is 281 g/mol. The molecule has 1 fully saturated rings. The molecule has 1 aliphatic rings. The normalized spacial score (nSPS) is 25.5. The molecule has 1 aliphatic heterocycles. The number of hydrogen-bond donors (Lipinski definition) is 2. The van der Waals surface area contributed by atoms with Gasteiger partial charge in [0.15, 0.2) is 0 Å². The van der Waals surface area contributed by atoms with Crippen LogP contribution in [0.4, 0.5) is 0 Å². The van der Waals surface area contributed by atoms with Crippen LogP contribution in [0.5, 0.6) is 0 Å². The first-order valence-electron chi connectivity index (χ1n) is 7.30. The largest absolute Gasteiger partial charge is 0.316 e. The monoisotopic (exact) mass is 280 g/mol. The predicted molar refractivity (Wildman–Crippen MR) is 82.6 cm³/mol. The van der Waals surface area contributed by atoms with Crippen LogP contribution in [0.3, 0.4) is 0 Å². The van der Waals surface area contributed by atoms with Gasteiger partial charge < -0.3 is 10.6 Å². The van der Waals surface area contributed by atoms with E-state index in [1.165, 1.54) is 12.0 Å². The lowest BCUT2D eigenvalue weighted by Gasteiger charge is -2.35. The molecule has 0 spiro atoms. The second-order valence-corrected chi connectivity index (χ2v) is 6.45. The molecule has 0 bridgehead atoms. The molecular weight excluding hydrogens is 256 g/mol. The van der Waals surface area contributed by atoms with Crippen molar-refractivity contribution in [1.29, 1.82) is 0 Å². The predicted octanol–water partition coefficient (Wildman–Crippen LogP) is 3.62. The third-order valence-electron chi connectivity index (χ3n) is 4.07. The van der Waals surface area contributed by atoms with Crippen LogP contribution < -0.4 is 10.6 Å². The Morgan fingerprint density at radius 1 is 1.26 bits per heavy atom. The van der Waals surface area contributed by atoms with E-state index >= 15 is 0 Å². The SMILES string of the molecule is CC(C)C(NC1CCNCC1C)c1ccc(Cl)cc1. The van der Waals surface area contributed by atoms with Gasteiger partial charge in [-0.3, -0.25) is 0 Å². The number of rotatable bonds is 4. The maximum atomic E-state index is 5.98. The van der Waals surface area contributed by atoms with Gasteiger partial charge in [0.1, 0.15) is 0 Å². The van der Waals surface area contributed by atoms with Crippen LogP contribution in [0.1, 0.15) is 38.8 Å². The van der Waals surface area contributed by atoms with Crippen molar-refractivity contribution >= 4 is 11.6 Å². The first kappa shape index (κ1) is 14.8. The third kappa shape index (κ3) is 3.95. The van der Waals surface area contributed by atoms with E-state index in [4.69, 9.17) is 11.6 Å². The third-order valence-corrected chi connectivity index (χ3v) is 4.33. The molecule has 1 aromatic rings. The Kier molecular flexibility index (Phi) is 5.26. The highest BCUT2D eigenvalue weighted by Gasteiger charge is 2.25. The van der Waals surface area contributed by atoms with Crippen molar-refractivity contribution in [3.8, 4) is 0 Å². The van der Waals surface area contributed by atoms with Crippen LogP contribution in [0.2, 0.25) is 5.02 Å². The molecule has 0 radical (unpaired) electrons. The molecule has 2 nitrogen and oxygen atoms in total. The fraction of sp³-hybridized carbons (Fsp3) is 0.625. The minimum absolute atomic E-state index is 0.405. The summed E-state index contributed by atoms with van der Waals surface area (Å²) in [4.78, 5) is 0. The number of benzene rings is 1. The molecule has 0 aliphatic carbocycles. The molecular formula is C16H25ClN2. The summed E-state index contributed by atoms with van der Waals surface area (Å²) in [5.41, 5.74) is 1.34. The zero-order valence-electron chi connectivity index (χ0n) is 12.1. The standard InChI is InChI=1S/C16H25ClN2/c1-11(2)16(13-4-6-14(17)7-5-13)19-15-8-9-18-10-12(15)3/h4-7,11-12,15-16,18-19H,8-10H2,1-3H3. The molecule has 3 heteroatoms. The maximum Gasteiger partial charge on any atom is 0.0406 e. The molecule has 106 valence electrons. The minimum Gasteiger partial charge on any atom is -0.316 e. The van der Waals surface area contributed by atoms with Gasteiger partial charge in [0, 0.05) is 17.1 Å². The Bertz CT molecular complexity index is 388. The van der Waals surface area contributed by atoms with Crippen LogP contribution in [0.15, 0.2) is 24.3 Å². The van der Waals surface area contributed by atoms with Crippen molar-refractivity contribution in [3.05, 3.63) is 34.9 Å². The fourth-order valence-corrected chi connectivity index (χ4v) is 2.96. The van der Waals surface area contributed by atoms with Crippen molar-refractivity contribution in [2.45, 2.75) is 39.3 Å². The van der Waals surface area contributed by atoms with Gasteiger partial charge in [0.05, 0.1) is 0 Å². The highest BCUT2D eigenvalue weighted by Crippen LogP contribution is 2.26. The molecule has 1 heterocycles. The van der Waals surface area contributed by atoms with Crippen LogP contribution in [-0.2, 0) is 0 Å². The number of halogens is 1. The van der Waals surface area contributed by atoms with Gasteiger partial charge in [-0.2, -0.15) is 0 Å². The van der Waals surface area contributed by atoms with Crippen LogP contribution >= 0.6 is 11.6 Å². The smallest absolute Gasteiger partial charge is 0.0406 e.